The maximum absolute atomic E-state index is 12.2. The predicted molar refractivity (Wildman–Crippen MR) is 96.9 cm³/mol. The first-order valence-electron chi connectivity index (χ1n) is 7.48. The summed E-state index contributed by atoms with van der Waals surface area (Å²) in [6, 6.07) is 2.91. The fourth-order valence-electron chi connectivity index (χ4n) is 1.83. The fourth-order valence-corrected chi connectivity index (χ4v) is 2.16. The van der Waals surface area contributed by atoms with Crippen LogP contribution in [0.4, 0.5) is 0 Å². The number of hydrogen-bond donors (Lipinski definition) is 0. The molecule has 6 nitrogen and oxygen atoms in total. The van der Waals surface area contributed by atoms with Crippen LogP contribution in [0.1, 0.15) is 34.6 Å². The van der Waals surface area contributed by atoms with Gasteiger partial charge in [-0.25, -0.2) is 9.59 Å². The summed E-state index contributed by atoms with van der Waals surface area (Å²) >= 11 is 6.51. The first-order valence-corrected chi connectivity index (χ1v) is 9.73. The first-order chi connectivity index (χ1) is 11.6. The maximum Gasteiger partial charge on any atom is 0.342 e. The Labute approximate surface area is 158 Å². The number of esters is 2. The molecule has 0 aliphatic carbocycles. The molecule has 0 N–H and O–H groups in total. The van der Waals surface area contributed by atoms with E-state index in [1.807, 2.05) is 0 Å². The van der Waals surface area contributed by atoms with Crippen LogP contribution in [-0.2, 0) is 9.47 Å². The van der Waals surface area contributed by atoms with Gasteiger partial charge in [0, 0.05) is 10.7 Å². The van der Waals surface area contributed by atoms with Crippen LogP contribution in [-0.4, -0.2) is 49.0 Å². The lowest BCUT2D eigenvalue weighted by atomic mass is 10.1. The summed E-state index contributed by atoms with van der Waals surface area (Å²) in [5.74, 6) is -0.577. The number of carbonyl (C=O) groups is 2. The van der Waals surface area contributed by atoms with Gasteiger partial charge in [-0.15, -0.1) is 0 Å². The van der Waals surface area contributed by atoms with E-state index in [-0.39, 0.29) is 35.8 Å². The van der Waals surface area contributed by atoms with Crippen LogP contribution in [0.5, 0.6) is 11.5 Å². The van der Waals surface area contributed by atoms with Crippen molar-refractivity contribution >= 4 is 43.8 Å². The van der Waals surface area contributed by atoms with E-state index in [1.165, 1.54) is 12.1 Å². The van der Waals surface area contributed by atoms with E-state index in [1.54, 1.807) is 13.8 Å². The van der Waals surface area contributed by atoms with E-state index in [0.29, 0.717) is 23.9 Å². The average Bonchev–Trinajstić information content (AvgIpc) is 2.58. The minimum Gasteiger partial charge on any atom is -0.492 e. The van der Waals surface area contributed by atoms with Gasteiger partial charge in [-0.3, -0.25) is 0 Å². The standard InChI is InChI=1S/C16H20Br2O6/c1-3-21-15(19)11-9-14(24-8-6-18)12(16(20)22-4-2)10-13(11)23-7-5-17/h9-10H,3-8H2,1-2H3. The van der Waals surface area contributed by atoms with Crippen LogP contribution >= 0.6 is 31.9 Å². The van der Waals surface area contributed by atoms with Gasteiger partial charge in [0.2, 0.25) is 0 Å². The molecule has 134 valence electrons. The van der Waals surface area contributed by atoms with Gasteiger partial charge in [-0.1, -0.05) is 31.9 Å². The molecule has 0 atom stereocenters. The molecule has 0 fully saturated rings. The second-order valence-electron chi connectivity index (χ2n) is 4.36. The number of carbonyl (C=O) groups excluding carboxylic acids is 2. The number of rotatable bonds is 10. The maximum atomic E-state index is 12.2. The Bertz CT molecular complexity index is 512. The Morgan fingerprint density at radius 3 is 1.50 bits per heavy atom. The van der Waals surface area contributed by atoms with E-state index in [4.69, 9.17) is 18.9 Å². The molecule has 0 radical (unpaired) electrons. The molecular formula is C16H20Br2O6. The Balaban J connectivity index is 3.34. The van der Waals surface area contributed by atoms with Crippen LogP contribution in [0.2, 0.25) is 0 Å². The molecule has 0 heterocycles. The lowest BCUT2D eigenvalue weighted by molar-refractivity contribution is 0.0503. The van der Waals surface area contributed by atoms with Crippen molar-refractivity contribution in [2.45, 2.75) is 13.8 Å². The van der Waals surface area contributed by atoms with Gasteiger partial charge in [0.25, 0.3) is 0 Å². The summed E-state index contributed by atoms with van der Waals surface area (Å²) in [7, 11) is 0. The van der Waals surface area contributed by atoms with Crippen molar-refractivity contribution in [1.82, 2.24) is 0 Å². The van der Waals surface area contributed by atoms with Crippen LogP contribution in [0.25, 0.3) is 0 Å². The number of halogens is 2. The SMILES string of the molecule is CCOC(=O)c1cc(OCCBr)c(C(=O)OCC)cc1OCCBr. The van der Waals surface area contributed by atoms with E-state index >= 15 is 0 Å². The normalized spacial score (nSPS) is 10.2. The number of hydrogen-bond acceptors (Lipinski definition) is 6. The Kier molecular flexibility index (Phi) is 9.78. The minimum absolute atomic E-state index is 0.204. The Hall–Kier alpha value is -1.28. The molecule has 1 rings (SSSR count). The largest absolute Gasteiger partial charge is 0.492 e. The van der Waals surface area contributed by atoms with Crippen LogP contribution in [0.3, 0.4) is 0 Å². The number of ether oxygens (including phenoxy) is 4. The number of benzene rings is 1. The lowest BCUT2D eigenvalue weighted by Crippen LogP contribution is -2.14. The van der Waals surface area contributed by atoms with Gasteiger partial charge < -0.3 is 18.9 Å². The van der Waals surface area contributed by atoms with Crippen molar-refractivity contribution in [2.75, 3.05) is 37.1 Å². The van der Waals surface area contributed by atoms with Crippen molar-refractivity contribution in [1.29, 1.82) is 0 Å². The summed E-state index contributed by atoms with van der Waals surface area (Å²) in [4.78, 5) is 24.3. The molecule has 0 saturated heterocycles. The smallest absolute Gasteiger partial charge is 0.342 e. The summed E-state index contributed by atoms with van der Waals surface area (Å²) in [6.07, 6.45) is 0. The van der Waals surface area contributed by atoms with E-state index in [2.05, 4.69) is 31.9 Å². The average molecular weight is 468 g/mol. The zero-order valence-electron chi connectivity index (χ0n) is 13.6. The van der Waals surface area contributed by atoms with E-state index in [0.717, 1.165) is 0 Å². The second-order valence-corrected chi connectivity index (χ2v) is 5.95. The molecule has 0 bridgehead atoms. The van der Waals surface area contributed by atoms with Gasteiger partial charge in [0.05, 0.1) is 26.4 Å². The summed E-state index contributed by atoms with van der Waals surface area (Å²) in [5, 5.41) is 1.15. The second kappa shape index (κ2) is 11.3. The molecule has 0 aliphatic heterocycles. The van der Waals surface area contributed by atoms with Crippen molar-refractivity contribution < 1.29 is 28.5 Å². The third-order valence-corrected chi connectivity index (χ3v) is 3.39. The van der Waals surface area contributed by atoms with Gasteiger partial charge in [0.1, 0.15) is 22.6 Å². The molecule has 1 aromatic carbocycles. The molecular weight excluding hydrogens is 448 g/mol. The third-order valence-electron chi connectivity index (χ3n) is 2.74. The van der Waals surface area contributed by atoms with Crippen LogP contribution < -0.4 is 9.47 Å². The van der Waals surface area contributed by atoms with E-state index < -0.39 is 11.9 Å². The third kappa shape index (κ3) is 5.98. The highest BCUT2D eigenvalue weighted by molar-refractivity contribution is 9.09. The topological polar surface area (TPSA) is 71.1 Å². The molecule has 0 spiro atoms. The quantitative estimate of drug-likeness (QED) is 0.386. The summed E-state index contributed by atoms with van der Waals surface area (Å²) in [6.45, 7) is 4.55. The van der Waals surface area contributed by atoms with Gasteiger partial charge in [0.15, 0.2) is 0 Å². The molecule has 8 heteroatoms. The first kappa shape index (κ1) is 20.8. The lowest BCUT2D eigenvalue weighted by Gasteiger charge is -2.16. The van der Waals surface area contributed by atoms with Gasteiger partial charge in [-0.2, -0.15) is 0 Å². The highest BCUT2D eigenvalue weighted by atomic mass is 79.9. The van der Waals surface area contributed by atoms with Crippen LogP contribution in [0, 0.1) is 0 Å². The van der Waals surface area contributed by atoms with Gasteiger partial charge in [-0.05, 0) is 26.0 Å². The van der Waals surface area contributed by atoms with E-state index in [9.17, 15) is 9.59 Å². The number of alkyl halides is 2. The van der Waals surface area contributed by atoms with Crippen molar-refractivity contribution in [3.8, 4) is 11.5 Å². The Morgan fingerprint density at radius 1 is 0.833 bits per heavy atom. The van der Waals surface area contributed by atoms with Crippen LogP contribution in [0.15, 0.2) is 12.1 Å². The van der Waals surface area contributed by atoms with Crippen molar-refractivity contribution in [2.24, 2.45) is 0 Å². The predicted octanol–water partition coefficient (Wildman–Crippen LogP) is 3.59. The molecule has 0 aromatic heterocycles. The van der Waals surface area contributed by atoms with Crippen molar-refractivity contribution in [3.63, 3.8) is 0 Å². The Morgan fingerprint density at radius 2 is 1.21 bits per heavy atom. The summed E-state index contributed by atoms with van der Waals surface area (Å²) < 4.78 is 21.2. The molecule has 0 unspecified atom stereocenters. The minimum atomic E-state index is -0.541. The molecule has 0 aliphatic rings. The van der Waals surface area contributed by atoms with Gasteiger partial charge >= 0.3 is 11.9 Å². The fraction of sp³-hybridized carbons (Fsp3) is 0.500. The molecule has 0 amide bonds. The summed E-state index contributed by atoms with van der Waals surface area (Å²) in [5.41, 5.74) is 0.408. The molecule has 1 aromatic rings. The van der Waals surface area contributed by atoms with Crippen molar-refractivity contribution in [3.05, 3.63) is 23.3 Å². The monoisotopic (exact) mass is 466 g/mol. The highest BCUT2D eigenvalue weighted by Crippen LogP contribution is 2.31. The highest BCUT2D eigenvalue weighted by Gasteiger charge is 2.23. The molecule has 0 saturated carbocycles. The zero-order chi connectivity index (χ0) is 17.9. The zero-order valence-corrected chi connectivity index (χ0v) is 16.8. The molecule has 24 heavy (non-hydrogen) atoms.